The Bertz CT molecular complexity index is 384. The molecule has 15 heavy (non-hydrogen) atoms. The molecule has 0 aliphatic carbocycles. The van der Waals surface area contributed by atoms with Crippen LogP contribution in [0, 0.1) is 10.1 Å². The Labute approximate surface area is 81.8 Å². The molecule has 9 heteroatoms. The number of halogens is 3. The molecule has 0 spiro atoms. The van der Waals surface area contributed by atoms with Gasteiger partial charge in [0.1, 0.15) is 6.04 Å². The molecule has 0 atom stereocenters. The summed E-state index contributed by atoms with van der Waals surface area (Å²) < 4.78 is 37.4. The van der Waals surface area contributed by atoms with Crippen LogP contribution >= 0.6 is 0 Å². The fourth-order valence-electron chi connectivity index (χ4n) is 0.990. The van der Waals surface area contributed by atoms with Crippen molar-refractivity contribution >= 4 is 5.82 Å². The molecule has 1 heterocycles. The molecule has 0 aliphatic rings. The molecule has 0 N–H and O–H groups in total. The summed E-state index contributed by atoms with van der Waals surface area (Å²) in [5, 5.41) is 16.3. The lowest BCUT2D eigenvalue weighted by molar-refractivity contribution is -0.396. The number of hydrogen-bond acceptors (Lipinski definition) is 4. The topological polar surface area (TPSA) is 73.8 Å². The van der Waals surface area contributed by atoms with Gasteiger partial charge in [-0.1, -0.05) is 5.10 Å². The summed E-state index contributed by atoms with van der Waals surface area (Å²) in [4.78, 5) is 9.32. The first-order chi connectivity index (χ1) is 6.75. The minimum absolute atomic E-state index is 0.561. The van der Waals surface area contributed by atoms with Gasteiger partial charge in [0.15, 0.2) is 0 Å². The molecule has 0 bridgehead atoms. The van der Waals surface area contributed by atoms with Crippen molar-refractivity contribution in [2.24, 2.45) is 0 Å². The molecular formula is C6H7F3N4O2. The second-order valence-corrected chi connectivity index (χ2v) is 3.05. The smallest absolute Gasteiger partial charge is 0.358 e. The van der Waals surface area contributed by atoms with Gasteiger partial charge in [0.25, 0.3) is 5.69 Å². The van der Waals surface area contributed by atoms with E-state index in [-0.39, 0.29) is 0 Å². The van der Waals surface area contributed by atoms with Crippen LogP contribution in [0.25, 0.3) is 0 Å². The molecule has 1 aromatic rings. The SMILES string of the molecule is CC(C)n1nnc(C(F)(F)F)c1[N+](=O)[O-]. The Morgan fingerprint density at radius 3 is 2.33 bits per heavy atom. The number of alkyl halides is 3. The molecule has 0 saturated carbocycles. The van der Waals surface area contributed by atoms with E-state index in [4.69, 9.17) is 0 Å². The summed E-state index contributed by atoms with van der Waals surface area (Å²) in [6.07, 6.45) is -4.87. The zero-order chi connectivity index (χ0) is 11.8. The van der Waals surface area contributed by atoms with E-state index in [1.165, 1.54) is 13.8 Å². The van der Waals surface area contributed by atoms with Gasteiger partial charge in [-0.05, 0) is 18.8 Å². The summed E-state index contributed by atoms with van der Waals surface area (Å²) in [6, 6.07) is -0.561. The summed E-state index contributed by atoms with van der Waals surface area (Å²) >= 11 is 0. The third-order valence-electron chi connectivity index (χ3n) is 1.60. The van der Waals surface area contributed by atoms with Gasteiger partial charge < -0.3 is 10.1 Å². The summed E-state index contributed by atoms with van der Waals surface area (Å²) in [5.41, 5.74) is -1.57. The highest BCUT2D eigenvalue weighted by atomic mass is 19.4. The van der Waals surface area contributed by atoms with Gasteiger partial charge in [-0.3, -0.25) is 0 Å². The van der Waals surface area contributed by atoms with Crippen molar-refractivity contribution in [1.29, 1.82) is 0 Å². The van der Waals surface area contributed by atoms with Gasteiger partial charge in [-0.2, -0.15) is 13.2 Å². The second kappa shape index (κ2) is 3.48. The van der Waals surface area contributed by atoms with Crippen molar-refractivity contribution in [3.8, 4) is 0 Å². The predicted octanol–water partition coefficient (Wildman–Crippen LogP) is 1.79. The van der Waals surface area contributed by atoms with E-state index >= 15 is 0 Å². The lowest BCUT2D eigenvalue weighted by Crippen LogP contribution is -2.12. The molecule has 0 radical (unpaired) electrons. The summed E-state index contributed by atoms with van der Waals surface area (Å²) in [5.74, 6) is -1.13. The van der Waals surface area contributed by atoms with Crippen molar-refractivity contribution in [1.82, 2.24) is 15.0 Å². The van der Waals surface area contributed by atoms with E-state index in [0.29, 0.717) is 4.68 Å². The lowest BCUT2D eigenvalue weighted by Gasteiger charge is -2.03. The first-order valence-corrected chi connectivity index (χ1v) is 3.92. The monoisotopic (exact) mass is 224 g/mol. The molecule has 1 rings (SSSR count). The van der Waals surface area contributed by atoms with E-state index in [9.17, 15) is 23.3 Å². The molecule has 0 unspecified atom stereocenters. The Morgan fingerprint density at radius 1 is 1.47 bits per heavy atom. The van der Waals surface area contributed by atoms with Crippen molar-refractivity contribution in [2.45, 2.75) is 26.1 Å². The van der Waals surface area contributed by atoms with E-state index in [1.54, 1.807) is 0 Å². The summed E-state index contributed by atoms with van der Waals surface area (Å²) in [7, 11) is 0. The molecule has 84 valence electrons. The van der Waals surface area contributed by atoms with Gasteiger partial charge in [0.05, 0.1) is 0 Å². The van der Waals surface area contributed by atoms with E-state index < -0.39 is 28.7 Å². The van der Waals surface area contributed by atoms with Crippen LogP contribution in [-0.2, 0) is 6.18 Å². The Kier molecular flexibility index (Phi) is 2.65. The van der Waals surface area contributed by atoms with Crippen molar-refractivity contribution < 1.29 is 18.1 Å². The first-order valence-electron chi connectivity index (χ1n) is 3.92. The quantitative estimate of drug-likeness (QED) is 0.566. The maximum Gasteiger partial charge on any atom is 0.443 e. The largest absolute Gasteiger partial charge is 0.443 e. The van der Waals surface area contributed by atoms with Crippen LogP contribution in [0.5, 0.6) is 0 Å². The van der Waals surface area contributed by atoms with Gasteiger partial charge in [0, 0.05) is 5.21 Å². The van der Waals surface area contributed by atoms with Crippen LogP contribution in [0.2, 0.25) is 0 Å². The van der Waals surface area contributed by atoms with Crippen LogP contribution in [0.3, 0.4) is 0 Å². The zero-order valence-electron chi connectivity index (χ0n) is 7.82. The van der Waals surface area contributed by atoms with Gasteiger partial charge in [-0.25, -0.2) is 0 Å². The zero-order valence-corrected chi connectivity index (χ0v) is 7.82. The number of rotatable bonds is 2. The number of nitro groups is 1. The number of hydrogen-bond donors (Lipinski definition) is 0. The van der Waals surface area contributed by atoms with Gasteiger partial charge >= 0.3 is 12.0 Å². The number of aromatic nitrogens is 3. The molecule has 0 fully saturated rings. The molecule has 0 aliphatic heterocycles. The maximum atomic E-state index is 12.3. The Balaban J connectivity index is 3.37. The first kappa shape index (κ1) is 11.4. The minimum Gasteiger partial charge on any atom is -0.358 e. The second-order valence-electron chi connectivity index (χ2n) is 3.05. The highest BCUT2D eigenvalue weighted by Crippen LogP contribution is 2.34. The Morgan fingerprint density at radius 2 is 2.00 bits per heavy atom. The molecular weight excluding hydrogens is 217 g/mol. The van der Waals surface area contributed by atoms with E-state index in [2.05, 4.69) is 10.3 Å². The van der Waals surface area contributed by atoms with E-state index in [0.717, 1.165) is 0 Å². The Hall–Kier alpha value is -1.67. The fraction of sp³-hybridized carbons (Fsp3) is 0.667. The molecule has 6 nitrogen and oxygen atoms in total. The normalized spacial score (nSPS) is 12.1. The van der Waals surface area contributed by atoms with Gasteiger partial charge in [0.2, 0.25) is 0 Å². The van der Waals surface area contributed by atoms with Gasteiger partial charge in [-0.15, -0.1) is 4.68 Å². The van der Waals surface area contributed by atoms with Crippen molar-refractivity contribution in [3.63, 3.8) is 0 Å². The highest BCUT2D eigenvalue weighted by molar-refractivity contribution is 5.28. The van der Waals surface area contributed by atoms with Crippen LogP contribution < -0.4 is 0 Å². The molecule has 0 amide bonds. The van der Waals surface area contributed by atoms with Crippen LogP contribution in [-0.4, -0.2) is 19.9 Å². The highest BCUT2D eigenvalue weighted by Gasteiger charge is 2.44. The number of nitrogens with zero attached hydrogens (tertiary/aromatic N) is 4. The van der Waals surface area contributed by atoms with Crippen LogP contribution in [0.4, 0.5) is 19.0 Å². The predicted molar refractivity (Wildman–Crippen MR) is 42.1 cm³/mol. The third-order valence-corrected chi connectivity index (χ3v) is 1.60. The fourth-order valence-corrected chi connectivity index (χ4v) is 0.990. The van der Waals surface area contributed by atoms with Crippen LogP contribution in [0.1, 0.15) is 25.6 Å². The lowest BCUT2D eigenvalue weighted by atomic mass is 10.3. The molecule has 0 saturated heterocycles. The molecule has 1 aromatic heterocycles. The van der Waals surface area contributed by atoms with Crippen LogP contribution in [0.15, 0.2) is 0 Å². The van der Waals surface area contributed by atoms with Crippen molar-refractivity contribution in [2.75, 3.05) is 0 Å². The average Bonchev–Trinajstić information content (AvgIpc) is 2.45. The standard InChI is InChI=1S/C6H7F3N4O2/c1-3(2)12-5(13(14)15)4(10-11-12)6(7,8)9/h3H,1-2H3. The van der Waals surface area contributed by atoms with E-state index in [1.807, 2.05) is 0 Å². The van der Waals surface area contributed by atoms with Crippen molar-refractivity contribution in [3.05, 3.63) is 15.8 Å². The minimum atomic E-state index is -4.87. The maximum absolute atomic E-state index is 12.3. The third kappa shape index (κ3) is 2.05. The average molecular weight is 224 g/mol. The summed E-state index contributed by atoms with van der Waals surface area (Å²) in [6.45, 7) is 2.95. The molecule has 0 aromatic carbocycles.